The summed E-state index contributed by atoms with van der Waals surface area (Å²) >= 11 is 0. The molecule has 1 saturated heterocycles. The van der Waals surface area contributed by atoms with Gasteiger partial charge in [-0.2, -0.15) is 0 Å². The van der Waals surface area contributed by atoms with Crippen LogP contribution in [0.2, 0.25) is 0 Å². The van der Waals surface area contributed by atoms with Gasteiger partial charge >= 0.3 is 0 Å². The van der Waals surface area contributed by atoms with Gasteiger partial charge in [-0.25, -0.2) is 12.7 Å². The number of hydrogen-bond acceptors (Lipinski definition) is 3. The second kappa shape index (κ2) is 7.45. The first-order chi connectivity index (χ1) is 9.95. The summed E-state index contributed by atoms with van der Waals surface area (Å²) in [5.41, 5.74) is 5.95. The van der Waals surface area contributed by atoms with Crippen LogP contribution in [0.25, 0.3) is 0 Å². The van der Waals surface area contributed by atoms with Gasteiger partial charge in [-0.1, -0.05) is 19.3 Å². The molecule has 0 spiro atoms. The van der Waals surface area contributed by atoms with Crippen LogP contribution in [0.5, 0.6) is 0 Å². The molecule has 1 aliphatic heterocycles. The zero-order valence-corrected chi connectivity index (χ0v) is 13.7. The van der Waals surface area contributed by atoms with Crippen LogP contribution in [0.3, 0.4) is 0 Å². The van der Waals surface area contributed by atoms with Crippen LogP contribution in [-0.2, 0) is 10.0 Å². The fraction of sp³-hybridized carbons (Fsp3) is 0.929. The molecule has 0 aromatic heterocycles. The van der Waals surface area contributed by atoms with E-state index >= 15 is 0 Å². The highest BCUT2D eigenvalue weighted by Crippen LogP contribution is 2.19. The average Bonchev–Trinajstić information content (AvgIpc) is 2.46. The first kappa shape index (κ1) is 16.5. The Morgan fingerprint density at radius 3 is 2.38 bits per heavy atom. The van der Waals surface area contributed by atoms with Crippen molar-refractivity contribution in [1.29, 1.82) is 0 Å². The molecule has 0 unspecified atom stereocenters. The molecule has 21 heavy (non-hydrogen) atoms. The Morgan fingerprint density at radius 2 is 1.81 bits per heavy atom. The molecule has 2 fully saturated rings. The molecular formula is C14H28N4O2S. The number of hydrogen-bond donors (Lipinski definition) is 2. The van der Waals surface area contributed by atoms with E-state index < -0.39 is 10.0 Å². The highest BCUT2D eigenvalue weighted by atomic mass is 32.2. The SMILES string of the molecule is CS(=O)(=O)N1CCC(CN=C(N)NC2CCCCC2)CC1. The normalized spacial score (nSPS) is 24.1. The Balaban J connectivity index is 1.71. The van der Waals surface area contributed by atoms with Gasteiger partial charge in [0.1, 0.15) is 0 Å². The number of nitrogens with one attached hydrogen (secondary N) is 1. The van der Waals surface area contributed by atoms with Gasteiger partial charge in [0.25, 0.3) is 0 Å². The summed E-state index contributed by atoms with van der Waals surface area (Å²) in [6.45, 7) is 1.91. The van der Waals surface area contributed by atoms with Gasteiger partial charge < -0.3 is 11.1 Å². The lowest BCUT2D eigenvalue weighted by Gasteiger charge is -2.29. The standard InChI is InChI=1S/C14H28N4O2S/c1-21(19,20)18-9-7-12(8-10-18)11-16-14(15)17-13-5-3-2-4-6-13/h12-13H,2-11H2,1H3,(H3,15,16,17). The Morgan fingerprint density at radius 1 is 1.19 bits per heavy atom. The van der Waals surface area contributed by atoms with Crippen molar-refractivity contribution in [2.24, 2.45) is 16.6 Å². The van der Waals surface area contributed by atoms with Gasteiger partial charge in [0.05, 0.1) is 6.26 Å². The van der Waals surface area contributed by atoms with E-state index in [1.807, 2.05) is 0 Å². The highest BCUT2D eigenvalue weighted by molar-refractivity contribution is 7.88. The Labute approximate surface area is 128 Å². The summed E-state index contributed by atoms with van der Waals surface area (Å²) in [6, 6.07) is 0.481. The maximum atomic E-state index is 11.4. The summed E-state index contributed by atoms with van der Waals surface area (Å²) in [7, 11) is -3.04. The van der Waals surface area contributed by atoms with E-state index in [2.05, 4.69) is 10.3 Å². The molecule has 0 amide bonds. The first-order valence-corrected chi connectivity index (χ1v) is 9.81. The van der Waals surface area contributed by atoms with Crippen LogP contribution in [-0.4, -0.2) is 50.6 Å². The smallest absolute Gasteiger partial charge is 0.211 e. The third-order valence-corrected chi connectivity index (χ3v) is 5.82. The molecule has 122 valence electrons. The van der Waals surface area contributed by atoms with Gasteiger partial charge in [0.2, 0.25) is 10.0 Å². The van der Waals surface area contributed by atoms with Crippen molar-refractivity contribution in [1.82, 2.24) is 9.62 Å². The minimum Gasteiger partial charge on any atom is -0.370 e. The molecule has 7 heteroatoms. The second-order valence-corrected chi connectivity index (χ2v) is 8.29. The quantitative estimate of drug-likeness (QED) is 0.596. The molecule has 0 aromatic rings. The minimum absolute atomic E-state index is 0.440. The van der Waals surface area contributed by atoms with Crippen LogP contribution in [0, 0.1) is 5.92 Å². The number of aliphatic imine (C=N–C) groups is 1. The van der Waals surface area contributed by atoms with Crippen molar-refractivity contribution in [3.8, 4) is 0 Å². The molecule has 1 heterocycles. The Kier molecular flexibility index (Phi) is 5.87. The molecule has 0 atom stereocenters. The van der Waals surface area contributed by atoms with E-state index in [4.69, 9.17) is 5.73 Å². The summed E-state index contributed by atoms with van der Waals surface area (Å²) in [6.07, 6.45) is 9.25. The van der Waals surface area contributed by atoms with E-state index in [0.29, 0.717) is 37.6 Å². The van der Waals surface area contributed by atoms with Crippen LogP contribution in [0.15, 0.2) is 4.99 Å². The van der Waals surface area contributed by atoms with Gasteiger partial charge in [0.15, 0.2) is 5.96 Å². The molecule has 1 aliphatic carbocycles. The van der Waals surface area contributed by atoms with Crippen molar-refractivity contribution in [2.45, 2.75) is 51.0 Å². The molecule has 0 radical (unpaired) electrons. The van der Waals surface area contributed by atoms with E-state index in [9.17, 15) is 8.42 Å². The van der Waals surface area contributed by atoms with Crippen LogP contribution < -0.4 is 11.1 Å². The van der Waals surface area contributed by atoms with Crippen molar-refractivity contribution in [3.63, 3.8) is 0 Å². The topological polar surface area (TPSA) is 87.8 Å². The number of nitrogens with zero attached hydrogens (tertiary/aromatic N) is 2. The summed E-state index contributed by atoms with van der Waals surface area (Å²) in [5.74, 6) is 0.988. The maximum Gasteiger partial charge on any atom is 0.211 e. The number of piperidine rings is 1. The van der Waals surface area contributed by atoms with Crippen molar-refractivity contribution < 1.29 is 8.42 Å². The molecule has 2 rings (SSSR count). The third-order valence-electron chi connectivity index (χ3n) is 4.52. The zero-order valence-electron chi connectivity index (χ0n) is 12.9. The summed E-state index contributed by atoms with van der Waals surface area (Å²) < 4.78 is 24.5. The van der Waals surface area contributed by atoms with E-state index in [0.717, 1.165) is 12.8 Å². The van der Waals surface area contributed by atoms with E-state index in [-0.39, 0.29) is 0 Å². The molecule has 0 aromatic carbocycles. The largest absolute Gasteiger partial charge is 0.370 e. The van der Waals surface area contributed by atoms with Crippen molar-refractivity contribution >= 4 is 16.0 Å². The van der Waals surface area contributed by atoms with Crippen molar-refractivity contribution in [3.05, 3.63) is 0 Å². The highest BCUT2D eigenvalue weighted by Gasteiger charge is 2.24. The third kappa shape index (κ3) is 5.47. The first-order valence-electron chi connectivity index (χ1n) is 7.97. The lowest BCUT2D eigenvalue weighted by Crippen LogP contribution is -2.42. The lowest BCUT2D eigenvalue weighted by atomic mass is 9.96. The molecule has 1 saturated carbocycles. The number of sulfonamides is 1. The van der Waals surface area contributed by atoms with E-state index in [1.54, 1.807) is 4.31 Å². The fourth-order valence-electron chi connectivity index (χ4n) is 3.15. The van der Waals surface area contributed by atoms with Gasteiger partial charge in [-0.05, 0) is 31.6 Å². The van der Waals surface area contributed by atoms with Crippen molar-refractivity contribution in [2.75, 3.05) is 25.9 Å². The summed E-state index contributed by atoms with van der Waals surface area (Å²) in [5, 5.41) is 3.31. The molecule has 3 N–H and O–H groups in total. The molecule has 6 nitrogen and oxygen atoms in total. The zero-order chi connectivity index (χ0) is 15.3. The fourth-order valence-corrected chi connectivity index (χ4v) is 4.03. The number of rotatable bonds is 4. The van der Waals surface area contributed by atoms with Crippen LogP contribution in [0.1, 0.15) is 44.9 Å². The predicted octanol–water partition coefficient (Wildman–Crippen LogP) is 0.895. The lowest BCUT2D eigenvalue weighted by molar-refractivity contribution is 0.280. The monoisotopic (exact) mass is 316 g/mol. The number of nitrogens with two attached hydrogens (primary N) is 1. The Hall–Kier alpha value is -0.820. The predicted molar refractivity (Wildman–Crippen MR) is 85.6 cm³/mol. The van der Waals surface area contributed by atoms with Crippen LogP contribution >= 0.6 is 0 Å². The molecular weight excluding hydrogens is 288 g/mol. The van der Waals surface area contributed by atoms with Gasteiger partial charge in [-0.3, -0.25) is 4.99 Å². The molecule has 2 aliphatic rings. The minimum atomic E-state index is -3.04. The number of guanidine groups is 1. The second-order valence-electron chi connectivity index (χ2n) is 6.31. The Bertz CT molecular complexity index is 450. The van der Waals surface area contributed by atoms with E-state index in [1.165, 1.54) is 38.4 Å². The van der Waals surface area contributed by atoms with Gasteiger partial charge in [0, 0.05) is 25.7 Å². The summed E-state index contributed by atoms with van der Waals surface area (Å²) in [4.78, 5) is 4.44. The average molecular weight is 316 g/mol. The maximum absolute atomic E-state index is 11.4. The van der Waals surface area contributed by atoms with Crippen LogP contribution in [0.4, 0.5) is 0 Å². The molecule has 0 bridgehead atoms. The van der Waals surface area contributed by atoms with Gasteiger partial charge in [-0.15, -0.1) is 0 Å².